The van der Waals surface area contributed by atoms with Crippen LogP contribution in [0.25, 0.3) is 0 Å². The van der Waals surface area contributed by atoms with Crippen molar-refractivity contribution in [3.8, 4) is 0 Å². The number of nitrogens with two attached hydrogens (primary N) is 1. The van der Waals surface area contributed by atoms with Gasteiger partial charge in [0, 0.05) is 19.1 Å². The van der Waals surface area contributed by atoms with E-state index >= 15 is 0 Å². The van der Waals surface area contributed by atoms with Gasteiger partial charge in [-0.1, -0.05) is 6.42 Å². The van der Waals surface area contributed by atoms with Crippen molar-refractivity contribution >= 4 is 53.9 Å². The summed E-state index contributed by atoms with van der Waals surface area (Å²) in [6.07, 6.45) is 6.50. The van der Waals surface area contributed by atoms with Crippen LogP contribution >= 0.6 is 48.0 Å². The molecule has 0 aromatic heterocycles. The molecule has 2 aliphatic heterocycles. The van der Waals surface area contributed by atoms with Gasteiger partial charge >= 0.3 is 0 Å². The molecule has 2 aliphatic rings. The fourth-order valence-corrected chi connectivity index (χ4v) is 2.76. The van der Waals surface area contributed by atoms with Gasteiger partial charge in [0.05, 0.1) is 0 Å². The zero-order chi connectivity index (χ0) is 10.7. The molecule has 2 heterocycles. The molecular weight excluding hydrogens is 442 g/mol. The van der Waals surface area contributed by atoms with Crippen LogP contribution in [0, 0.1) is 5.41 Å². The molecule has 0 radical (unpaired) electrons. The average Bonchev–Trinajstić information content (AvgIpc) is 2.30. The minimum atomic E-state index is 0. The summed E-state index contributed by atoms with van der Waals surface area (Å²) >= 11 is 0. The third kappa shape index (κ3) is 5.06. The Morgan fingerprint density at radius 2 is 1.47 bits per heavy atom. The average molecular weight is 466 g/mol. The Hall–Kier alpha value is 0.690. The van der Waals surface area contributed by atoms with Crippen LogP contribution in [0.3, 0.4) is 0 Å². The topological polar surface area (TPSA) is 56.4 Å². The van der Waals surface area contributed by atoms with Gasteiger partial charge in [0.15, 0.2) is 5.96 Å². The van der Waals surface area contributed by atoms with E-state index in [0.717, 1.165) is 19.1 Å². The molecule has 102 valence electrons. The largest absolute Gasteiger partial charge is 0.370 e. The van der Waals surface area contributed by atoms with Crippen molar-refractivity contribution in [1.29, 1.82) is 5.41 Å². The quantitative estimate of drug-likeness (QED) is 0.354. The third-order valence-corrected chi connectivity index (χ3v) is 3.71. The van der Waals surface area contributed by atoms with Crippen molar-refractivity contribution in [2.45, 2.75) is 38.1 Å². The number of nitrogens with one attached hydrogen (secondary N) is 1. The van der Waals surface area contributed by atoms with Crippen molar-refractivity contribution in [2.24, 2.45) is 5.73 Å². The molecular formula is C11H24I2N4. The molecule has 6 heteroatoms. The molecule has 0 unspecified atom stereocenters. The van der Waals surface area contributed by atoms with Gasteiger partial charge in [-0.15, -0.1) is 48.0 Å². The Labute approximate surface area is 138 Å². The number of piperidine rings is 2. The summed E-state index contributed by atoms with van der Waals surface area (Å²) in [4.78, 5) is 4.63. The lowest BCUT2D eigenvalue weighted by Crippen LogP contribution is -2.49. The van der Waals surface area contributed by atoms with Gasteiger partial charge in [-0.25, -0.2) is 0 Å². The van der Waals surface area contributed by atoms with E-state index in [4.69, 9.17) is 11.1 Å². The molecule has 2 saturated heterocycles. The minimum absolute atomic E-state index is 0. The first kappa shape index (κ1) is 17.7. The molecule has 4 nitrogen and oxygen atoms in total. The number of hydrogen-bond acceptors (Lipinski definition) is 2. The lowest BCUT2D eigenvalue weighted by atomic mass is 10.0. The van der Waals surface area contributed by atoms with Gasteiger partial charge in [0.2, 0.25) is 0 Å². The van der Waals surface area contributed by atoms with Gasteiger partial charge in [0.1, 0.15) is 0 Å². The first-order chi connectivity index (χ1) is 7.27. The zero-order valence-electron chi connectivity index (χ0n) is 10.2. The van der Waals surface area contributed by atoms with E-state index in [1.807, 2.05) is 4.90 Å². The van der Waals surface area contributed by atoms with E-state index in [-0.39, 0.29) is 53.9 Å². The van der Waals surface area contributed by atoms with Crippen LogP contribution in [-0.4, -0.2) is 48.0 Å². The molecule has 0 aliphatic carbocycles. The predicted octanol–water partition coefficient (Wildman–Crippen LogP) is 2.07. The summed E-state index contributed by atoms with van der Waals surface area (Å²) in [7, 11) is 0. The van der Waals surface area contributed by atoms with E-state index in [1.165, 1.54) is 45.2 Å². The van der Waals surface area contributed by atoms with E-state index in [2.05, 4.69) is 4.90 Å². The van der Waals surface area contributed by atoms with Crippen LogP contribution in [0.15, 0.2) is 0 Å². The van der Waals surface area contributed by atoms with Crippen molar-refractivity contribution in [3.05, 3.63) is 0 Å². The molecule has 0 saturated carbocycles. The van der Waals surface area contributed by atoms with Gasteiger partial charge < -0.3 is 15.5 Å². The van der Waals surface area contributed by atoms with E-state index < -0.39 is 0 Å². The summed E-state index contributed by atoms with van der Waals surface area (Å²) in [5.74, 6) is 0.243. The lowest BCUT2D eigenvalue weighted by molar-refractivity contribution is 0.114. The van der Waals surface area contributed by atoms with Crippen molar-refractivity contribution in [2.75, 3.05) is 26.2 Å². The number of nitrogens with zero attached hydrogens (tertiary/aromatic N) is 2. The molecule has 2 rings (SSSR count). The Balaban J connectivity index is 0.00000128. The molecule has 3 N–H and O–H groups in total. The van der Waals surface area contributed by atoms with Crippen molar-refractivity contribution < 1.29 is 0 Å². The molecule has 2 fully saturated rings. The fourth-order valence-electron chi connectivity index (χ4n) is 2.76. The van der Waals surface area contributed by atoms with E-state index in [1.54, 1.807) is 0 Å². The third-order valence-electron chi connectivity index (χ3n) is 3.71. The van der Waals surface area contributed by atoms with Gasteiger partial charge in [-0.2, -0.15) is 0 Å². The highest BCUT2D eigenvalue weighted by molar-refractivity contribution is 14.0. The highest BCUT2D eigenvalue weighted by Crippen LogP contribution is 2.20. The van der Waals surface area contributed by atoms with Crippen LogP contribution in [0.1, 0.15) is 32.1 Å². The Morgan fingerprint density at radius 3 is 1.94 bits per heavy atom. The minimum Gasteiger partial charge on any atom is -0.370 e. The molecule has 0 spiro atoms. The number of likely N-dealkylation sites (tertiary alicyclic amines) is 2. The maximum Gasteiger partial charge on any atom is 0.188 e. The maximum atomic E-state index is 7.39. The normalized spacial score (nSPS) is 22.5. The maximum absolute atomic E-state index is 7.39. The fraction of sp³-hybridized carbons (Fsp3) is 0.909. The Morgan fingerprint density at radius 1 is 0.941 bits per heavy atom. The first-order valence-electron chi connectivity index (χ1n) is 6.10. The van der Waals surface area contributed by atoms with Gasteiger partial charge in [0.25, 0.3) is 0 Å². The number of rotatable bonds is 1. The van der Waals surface area contributed by atoms with Crippen molar-refractivity contribution in [3.63, 3.8) is 0 Å². The van der Waals surface area contributed by atoms with Crippen LogP contribution in [-0.2, 0) is 0 Å². The molecule has 0 aromatic rings. The zero-order valence-corrected chi connectivity index (χ0v) is 14.9. The van der Waals surface area contributed by atoms with Crippen LogP contribution in [0.4, 0.5) is 0 Å². The second kappa shape index (κ2) is 8.73. The Bertz CT molecular complexity index is 224. The highest BCUT2D eigenvalue weighted by atomic mass is 127. The van der Waals surface area contributed by atoms with E-state index in [9.17, 15) is 0 Å². The van der Waals surface area contributed by atoms with E-state index in [0.29, 0.717) is 0 Å². The summed E-state index contributed by atoms with van der Waals surface area (Å²) in [5.41, 5.74) is 5.49. The lowest BCUT2D eigenvalue weighted by Gasteiger charge is -2.40. The molecule has 0 aromatic carbocycles. The summed E-state index contributed by atoms with van der Waals surface area (Å²) in [6.45, 7) is 4.50. The number of guanidine groups is 1. The summed E-state index contributed by atoms with van der Waals surface area (Å²) < 4.78 is 0. The molecule has 0 amide bonds. The monoisotopic (exact) mass is 466 g/mol. The number of hydrogen-bond donors (Lipinski definition) is 2. The summed E-state index contributed by atoms with van der Waals surface area (Å²) in [6, 6.07) is 0.751. The highest BCUT2D eigenvalue weighted by Gasteiger charge is 2.25. The van der Waals surface area contributed by atoms with Crippen LogP contribution < -0.4 is 5.73 Å². The molecule has 17 heavy (non-hydrogen) atoms. The molecule has 0 atom stereocenters. The van der Waals surface area contributed by atoms with Gasteiger partial charge in [-0.3, -0.25) is 5.41 Å². The van der Waals surface area contributed by atoms with Crippen molar-refractivity contribution in [1.82, 2.24) is 9.80 Å². The SMILES string of the molecule is I.I.N=C(N)N1CCC(N2CCCCC2)CC1. The van der Waals surface area contributed by atoms with Crippen LogP contribution in [0.2, 0.25) is 0 Å². The first-order valence-corrected chi connectivity index (χ1v) is 6.10. The van der Waals surface area contributed by atoms with Gasteiger partial charge in [-0.05, 0) is 38.8 Å². The summed E-state index contributed by atoms with van der Waals surface area (Å²) in [5, 5.41) is 7.39. The Kier molecular flexibility index (Phi) is 9.09. The second-order valence-electron chi connectivity index (χ2n) is 4.70. The second-order valence-corrected chi connectivity index (χ2v) is 4.70. The standard InChI is InChI=1S/C11H22N4.2HI/c12-11(13)15-8-4-10(5-9-15)14-6-2-1-3-7-14;;/h10H,1-9H2,(H3,12,13);2*1H. The predicted molar refractivity (Wildman–Crippen MR) is 92.8 cm³/mol. The number of halogens is 2. The molecule has 0 bridgehead atoms. The smallest absolute Gasteiger partial charge is 0.188 e. The van der Waals surface area contributed by atoms with Crippen LogP contribution in [0.5, 0.6) is 0 Å².